The summed E-state index contributed by atoms with van der Waals surface area (Å²) < 4.78 is 10.0. The average molecular weight is 323 g/mol. The minimum absolute atomic E-state index is 0.144. The number of imidazole rings is 1. The van der Waals surface area contributed by atoms with Crippen LogP contribution in [-0.2, 0) is 31.5 Å². The number of aryl methyl sites for hydroxylation is 1. The van der Waals surface area contributed by atoms with Gasteiger partial charge in [0.15, 0.2) is 0 Å². The van der Waals surface area contributed by atoms with E-state index in [2.05, 4.69) is 44.2 Å². The Morgan fingerprint density at radius 2 is 2.12 bits per heavy atom. The smallest absolute Gasteiger partial charge is 0.135 e. The average Bonchev–Trinajstić information content (AvgIpc) is 3.21. The highest BCUT2D eigenvalue weighted by molar-refractivity contribution is 5.59. The van der Waals surface area contributed by atoms with Crippen LogP contribution in [0.5, 0.6) is 0 Å². The van der Waals surface area contributed by atoms with E-state index in [0.29, 0.717) is 6.61 Å². The highest BCUT2D eigenvalue weighted by atomic mass is 16.5. The Labute approximate surface area is 141 Å². The molecule has 0 radical (unpaired) electrons. The second-order valence-corrected chi connectivity index (χ2v) is 6.12. The molecule has 0 aliphatic carbocycles. The van der Waals surface area contributed by atoms with Crippen LogP contribution in [0.15, 0.2) is 48.9 Å². The van der Waals surface area contributed by atoms with Gasteiger partial charge in [0.25, 0.3) is 0 Å². The van der Waals surface area contributed by atoms with Crippen molar-refractivity contribution in [3.05, 3.63) is 60.3 Å². The number of aromatic nitrogens is 4. The van der Waals surface area contributed by atoms with Crippen LogP contribution in [0.25, 0.3) is 11.3 Å². The van der Waals surface area contributed by atoms with Gasteiger partial charge in [0.05, 0.1) is 30.7 Å². The first kappa shape index (κ1) is 15.1. The van der Waals surface area contributed by atoms with E-state index < -0.39 is 0 Å². The lowest BCUT2D eigenvalue weighted by Gasteiger charge is -2.26. The summed E-state index contributed by atoms with van der Waals surface area (Å²) in [5.41, 5.74) is 3.54. The van der Waals surface area contributed by atoms with Gasteiger partial charge in [-0.25, -0.2) is 4.98 Å². The largest absolute Gasteiger partial charge is 0.367 e. The first-order valence-electron chi connectivity index (χ1n) is 8.19. The molecule has 2 aromatic heterocycles. The maximum atomic E-state index is 5.93. The molecule has 1 aliphatic heterocycles. The van der Waals surface area contributed by atoms with Crippen LogP contribution in [-0.4, -0.2) is 32.0 Å². The van der Waals surface area contributed by atoms with Crippen LogP contribution in [0.2, 0.25) is 0 Å². The van der Waals surface area contributed by atoms with Gasteiger partial charge >= 0.3 is 0 Å². The van der Waals surface area contributed by atoms with E-state index in [1.165, 1.54) is 11.1 Å². The molecule has 0 amide bonds. The van der Waals surface area contributed by atoms with E-state index >= 15 is 0 Å². The normalized spacial score (nSPS) is 17.0. The molecule has 1 atom stereocenters. The van der Waals surface area contributed by atoms with Gasteiger partial charge in [-0.3, -0.25) is 4.68 Å². The molecule has 3 heterocycles. The summed E-state index contributed by atoms with van der Waals surface area (Å²) in [6, 6.07) is 10.4. The van der Waals surface area contributed by atoms with Crippen LogP contribution in [0, 0.1) is 0 Å². The maximum absolute atomic E-state index is 5.93. The summed E-state index contributed by atoms with van der Waals surface area (Å²) in [7, 11) is 1.93. The summed E-state index contributed by atoms with van der Waals surface area (Å²) in [6.07, 6.45) is 6.00. The minimum atomic E-state index is 0.144. The number of rotatable bonds is 5. The third-order valence-electron chi connectivity index (χ3n) is 4.30. The number of benzene rings is 1. The monoisotopic (exact) mass is 323 g/mol. The summed E-state index contributed by atoms with van der Waals surface area (Å²) in [4.78, 5) is 4.50. The van der Waals surface area contributed by atoms with Gasteiger partial charge in [-0.15, -0.1) is 0 Å². The molecule has 4 rings (SSSR count). The fourth-order valence-corrected chi connectivity index (χ4v) is 3.09. The molecule has 0 fully saturated rings. The zero-order valence-electron chi connectivity index (χ0n) is 13.7. The standard InChI is InChI=1S/C18H21N5O/c1-22-11-14(8-21-22)7-19-9-16-12-23-17(10-20-18(23)13-24-16)15-5-3-2-4-6-15/h2-6,8,10-11,16,19H,7,9,12-13H2,1H3/t16-/m0/s1. The molecular weight excluding hydrogens is 302 g/mol. The molecule has 124 valence electrons. The highest BCUT2D eigenvalue weighted by Crippen LogP contribution is 2.24. The van der Waals surface area contributed by atoms with E-state index in [0.717, 1.165) is 31.2 Å². The molecular formula is C18H21N5O. The molecule has 1 N–H and O–H groups in total. The second-order valence-electron chi connectivity index (χ2n) is 6.12. The lowest BCUT2D eigenvalue weighted by molar-refractivity contribution is 0.00326. The first-order chi connectivity index (χ1) is 11.8. The van der Waals surface area contributed by atoms with Gasteiger partial charge in [0.1, 0.15) is 12.4 Å². The molecule has 24 heavy (non-hydrogen) atoms. The number of nitrogens with zero attached hydrogens (tertiary/aromatic N) is 4. The molecule has 3 aromatic rings. The van der Waals surface area contributed by atoms with E-state index in [1.54, 1.807) is 0 Å². The van der Waals surface area contributed by atoms with Crippen molar-refractivity contribution in [2.75, 3.05) is 6.54 Å². The highest BCUT2D eigenvalue weighted by Gasteiger charge is 2.22. The van der Waals surface area contributed by atoms with Crippen molar-refractivity contribution >= 4 is 0 Å². The molecule has 6 heteroatoms. The van der Waals surface area contributed by atoms with Crippen molar-refractivity contribution < 1.29 is 4.74 Å². The quantitative estimate of drug-likeness (QED) is 0.780. The zero-order chi connectivity index (χ0) is 16.4. The molecule has 1 aromatic carbocycles. The Morgan fingerprint density at radius 3 is 2.92 bits per heavy atom. The lowest BCUT2D eigenvalue weighted by atomic mass is 10.1. The van der Waals surface area contributed by atoms with Crippen LogP contribution in [0.1, 0.15) is 11.4 Å². The predicted molar refractivity (Wildman–Crippen MR) is 91.2 cm³/mol. The summed E-state index contributed by atoms with van der Waals surface area (Å²) in [5.74, 6) is 0.998. The summed E-state index contributed by atoms with van der Waals surface area (Å²) in [5, 5.41) is 7.64. The topological polar surface area (TPSA) is 56.9 Å². The van der Waals surface area contributed by atoms with Crippen LogP contribution in [0.4, 0.5) is 0 Å². The van der Waals surface area contributed by atoms with E-state index in [4.69, 9.17) is 4.74 Å². The van der Waals surface area contributed by atoms with E-state index in [-0.39, 0.29) is 6.10 Å². The second kappa shape index (κ2) is 6.59. The summed E-state index contributed by atoms with van der Waals surface area (Å²) >= 11 is 0. The predicted octanol–water partition coefficient (Wildman–Crippen LogP) is 1.97. The molecule has 6 nitrogen and oxygen atoms in total. The van der Waals surface area contributed by atoms with Gasteiger partial charge in [0.2, 0.25) is 0 Å². The van der Waals surface area contributed by atoms with Crippen LogP contribution in [0.3, 0.4) is 0 Å². The maximum Gasteiger partial charge on any atom is 0.135 e. The van der Waals surface area contributed by atoms with E-state index in [9.17, 15) is 0 Å². The fraction of sp³-hybridized carbons (Fsp3) is 0.333. The van der Waals surface area contributed by atoms with Crippen molar-refractivity contribution in [3.8, 4) is 11.3 Å². The SMILES string of the molecule is Cn1cc(CNC[C@H]2Cn3c(-c4ccccc4)cnc3CO2)cn1. The molecule has 0 bridgehead atoms. The Hall–Kier alpha value is -2.44. The van der Waals surface area contributed by atoms with Crippen LogP contribution < -0.4 is 5.32 Å². The lowest BCUT2D eigenvalue weighted by Crippen LogP contribution is -2.36. The molecule has 0 spiro atoms. The molecule has 1 aliphatic rings. The Morgan fingerprint density at radius 1 is 1.25 bits per heavy atom. The first-order valence-corrected chi connectivity index (χ1v) is 8.19. The third kappa shape index (κ3) is 3.11. The van der Waals surface area contributed by atoms with Crippen molar-refractivity contribution in [1.29, 1.82) is 0 Å². The van der Waals surface area contributed by atoms with Crippen LogP contribution >= 0.6 is 0 Å². The fourth-order valence-electron chi connectivity index (χ4n) is 3.09. The van der Waals surface area contributed by atoms with Gasteiger partial charge in [0, 0.05) is 31.9 Å². The van der Waals surface area contributed by atoms with Gasteiger partial charge in [-0.2, -0.15) is 5.10 Å². The Bertz CT molecular complexity index is 808. The molecule has 0 unspecified atom stereocenters. The zero-order valence-corrected chi connectivity index (χ0v) is 13.7. The number of nitrogens with one attached hydrogen (secondary N) is 1. The number of hydrogen-bond acceptors (Lipinski definition) is 4. The minimum Gasteiger partial charge on any atom is -0.367 e. The Kier molecular flexibility index (Phi) is 4.15. The van der Waals surface area contributed by atoms with Crippen molar-refractivity contribution in [3.63, 3.8) is 0 Å². The van der Waals surface area contributed by atoms with E-state index in [1.807, 2.05) is 36.4 Å². The number of fused-ring (bicyclic) bond motifs is 1. The van der Waals surface area contributed by atoms with Crippen molar-refractivity contribution in [2.24, 2.45) is 7.05 Å². The molecule has 0 saturated heterocycles. The third-order valence-corrected chi connectivity index (χ3v) is 4.30. The van der Waals surface area contributed by atoms with Gasteiger partial charge in [-0.05, 0) is 5.56 Å². The Balaban J connectivity index is 1.41. The number of hydrogen-bond donors (Lipinski definition) is 1. The number of ether oxygens (including phenoxy) is 1. The van der Waals surface area contributed by atoms with Crippen molar-refractivity contribution in [2.45, 2.75) is 25.8 Å². The van der Waals surface area contributed by atoms with Gasteiger partial charge in [-0.1, -0.05) is 30.3 Å². The molecule has 0 saturated carbocycles. The van der Waals surface area contributed by atoms with Gasteiger partial charge < -0.3 is 14.6 Å². The summed E-state index contributed by atoms with van der Waals surface area (Å²) in [6.45, 7) is 2.99. The van der Waals surface area contributed by atoms with Crippen molar-refractivity contribution in [1.82, 2.24) is 24.6 Å².